The van der Waals surface area contributed by atoms with Crippen molar-refractivity contribution in [1.82, 2.24) is 9.80 Å². The van der Waals surface area contributed by atoms with E-state index in [1.807, 2.05) is 0 Å². The SMILES string of the molecule is CN(C)C1CCCN(C2(CN)CC(C)(C)CC(C)(C)C2)C1. The second kappa shape index (κ2) is 5.82. The van der Waals surface area contributed by atoms with Crippen LogP contribution in [-0.2, 0) is 0 Å². The Bertz CT molecular complexity index is 343. The van der Waals surface area contributed by atoms with Gasteiger partial charge in [0.2, 0.25) is 0 Å². The van der Waals surface area contributed by atoms with Crippen LogP contribution in [0.1, 0.15) is 59.8 Å². The van der Waals surface area contributed by atoms with Crippen LogP contribution in [0.25, 0.3) is 0 Å². The summed E-state index contributed by atoms with van der Waals surface area (Å²) in [6.45, 7) is 13.0. The zero-order valence-electron chi connectivity index (χ0n) is 15.2. The molecule has 0 bridgehead atoms. The molecule has 1 unspecified atom stereocenters. The summed E-state index contributed by atoms with van der Waals surface area (Å²) in [6, 6.07) is 0.690. The molecule has 2 fully saturated rings. The van der Waals surface area contributed by atoms with E-state index in [2.05, 4.69) is 51.6 Å². The van der Waals surface area contributed by atoms with Gasteiger partial charge in [-0.3, -0.25) is 4.90 Å². The van der Waals surface area contributed by atoms with E-state index in [1.54, 1.807) is 0 Å². The van der Waals surface area contributed by atoms with Crippen LogP contribution in [0.5, 0.6) is 0 Å². The normalized spacial score (nSPS) is 32.3. The molecule has 21 heavy (non-hydrogen) atoms. The Kier molecular flexibility index (Phi) is 4.78. The van der Waals surface area contributed by atoms with Crippen molar-refractivity contribution >= 4 is 0 Å². The van der Waals surface area contributed by atoms with E-state index in [9.17, 15) is 0 Å². The van der Waals surface area contributed by atoms with Gasteiger partial charge in [-0.25, -0.2) is 0 Å². The van der Waals surface area contributed by atoms with E-state index < -0.39 is 0 Å². The topological polar surface area (TPSA) is 32.5 Å². The highest BCUT2D eigenvalue weighted by atomic mass is 15.3. The van der Waals surface area contributed by atoms with Crippen LogP contribution in [0.4, 0.5) is 0 Å². The van der Waals surface area contributed by atoms with Crippen molar-refractivity contribution in [3.63, 3.8) is 0 Å². The Labute approximate surface area is 132 Å². The second-order valence-corrected chi connectivity index (χ2v) is 9.49. The average Bonchev–Trinajstić information content (AvgIpc) is 2.35. The lowest BCUT2D eigenvalue weighted by Gasteiger charge is -2.58. The largest absolute Gasteiger partial charge is 0.329 e. The molecule has 124 valence electrons. The quantitative estimate of drug-likeness (QED) is 0.869. The summed E-state index contributed by atoms with van der Waals surface area (Å²) >= 11 is 0. The van der Waals surface area contributed by atoms with Crippen LogP contribution >= 0.6 is 0 Å². The van der Waals surface area contributed by atoms with Crippen molar-refractivity contribution in [1.29, 1.82) is 0 Å². The highest BCUT2D eigenvalue weighted by Crippen LogP contribution is 2.52. The molecule has 2 N–H and O–H groups in total. The minimum absolute atomic E-state index is 0.208. The molecule has 1 saturated heterocycles. The molecule has 1 atom stereocenters. The number of rotatable bonds is 3. The van der Waals surface area contributed by atoms with Gasteiger partial charge >= 0.3 is 0 Å². The molecule has 1 aliphatic heterocycles. The van der Waals surface area contributed by atoms with Crippen molar-refractivity contribution in [2.75, 3.05) is 33.7 Å². The first-order valence-corrected chi connectivity index (χ1v) is 8.71. The third-order valence-corrected chi connectivity index (χ3v) is 5.75. The maximum absolute atomic E-state index is 6.38. The zero-order valence-corrected chi connectivity index (χ0v) is 15.2. The van der Waals surface area contributed by atoms with Crippen LogP contribution in [-0.4, -0.2) is 55.1 Å². The molecule has 1 aliphatic carbocycles. The fourth-order valence-corrected chi connectivity index (χ4v) is 5.57. The smallest absolute Gasteiger partial charge is 0.0342 e. The van der Waals surface area contributed by atoms with Gasteiger partial charge in [0.1, 0.15) is 0 Å². The molecule has 3 nitrogen and oxygen atoms in total. The van der Waals surface area contributed by atoms with Crippen molar-refractivity contribution in [2.24, 2.45) is 16.6 Å². The molecule has 0 amide bonds. The van der Waals surface area contributed by atoms with E-state index in [0.717, 1.165) is 6.54 Å². The van der Waals surface area contributed by atoms with Crippen molar-refractivity contribution in [2.45, 2.75) is 71.4 Å². The van der Waals surface area contributed by atoms with Gasteiger partial charge in [-0.05, 0) is 63.6 Å². The van der Waals surface area contributed by atoms with E-state index >= 15 is 0 Å². The molecule has 0 aromatic heterocycles. The van der Waals surface area contributed by atoms with Gasteiger partial charge in [0, 0.05) is 24.7 Å². The lowest BCUT2D eigenvalue weighted by molar-refractivity contribution is -0.0619. The highest BCUT2D eigenvalue weighted by Gasteiger charge is 2.50. The third kappa shape index (κ3) is 3.80. The fraction of sp³-hybridized carbons (Fsp3) is 1.00. The number of nitrogens with zero attached hydrogens (tertiary/aromatic N) is 2. The maximum Gasteiger partial charge on any atom is 0.0342 e. The van der Waals surface area contributed by atoms with Gasteiger partial charge < -0.3 is 10.6 Å². The van der Waals surface area contributed by atoms with Crippen LogP contribution in [0, 0.1) is 10.8 Å². The van der Waals surface area contributed by atoms with Crippen LogP contribution in [0.15, 0.2) is 0 Å². The summed E-state index contributed by atoms with van der Waals surface area (Å²) in [6.07, 6.45) is 6.45. The number of likely N-dealkylation sites (N-methyl/N-ethyl adjacent to an activating group) is 1. The molecular formula is C18H37N3. The Balaban J connectivity index is 2.23. The van der Waals surface area contributed by atoms with Crippen molar-refractivity contribution < 1.29 is 0 Å². The van der Waals surface area contributed by atoms with Gasteiger partial charge in [-0.2, -0.15) is 0 Å². The van der Waals surface area contributed by atoms with Gasteiger partial charge in [0.15, 0.2) is 0 Å². The predicted octanol–water partition coefficient (Wildman–Crippen LogP) is 2.95. The molecule has 2 aliphatic rings. The number of hydrogen-bond donors (Lipinski definition) is 1. The Morgan fingerprint density at radius 1 is 1.05 bits per heavy atom. The Morgan fingerprint density at radius 3 is 2.10 bits per heavy atom. The van der Waals surface area contributed by atoms with Gasteiger partial charge in [0.25, 0.3) is 0 Å². The first kappa shape index (κ1) is 17.2. The van der Waals surface area contributed by atoms with E-state index in [1.165, 1.54) is 45.2 Å². The molecule has 0 radical (unpaired) electrons. The molecule has 0 spiro atoms. The van der Waals surface area contributed by atoms with Crippen molar-refractivity contribution in [3.8, 4) is 0 Å². The standard InChI is InChI=1S/C18H37N3/c1-16(2)11-17(3,4)13-18(12-16,14-19)21-9-7-8-15(10-21)20(5)6/h15H,7-14,19H2,1-6H3. The minimum atomic E-state index is 0.208. The molecule has 1 heterocycles. The third-order valence-electron chi connectivity index (χ3n) is 5.75. The Hall–Kier alpha value is -0.120. The van der Waals surface area contributed by atoms with Crippen LogP contribution in [0.2, 0.25) is 0 Å². The summed E-state index contributed by atoms with van der Waals surface area (Å²) in [5, 5.41) is 0. The van der Waals surface area contributed by atoms with Gasteiger partial charge in [0.05, 0.1) is 0 Å². The average molecular weight is 296 g/mol. The van der Waals surface area contributed by atoms with Gasteiger partial charge in [-0.15, -0.1) is 0 Å². The predicted molar refractivity (Wildman–Crippen MR) is 91.5 cm³/mol. The minimum Gasteiger partial charge on any atom is -0.329 e. The second-order valence-electron chi connectivity index (χ2n) is 9.49. The number of hydrogen-bond acceptors (Lipinski definition) is 3. The summed E-state index contributed by atoms with van der Waals surface area (Å²) in [7, 11) is 4.44. The summed E-state index contributed by atoms with van der Waals surface area (Å²) in [4.78, 5) is 5.15. The molecular weight excluding hydrogens is 258 g/mol. The summed E-state index contributed by atoms with van der Waals surface area (Å²) in [5.41, 5.74) is 7.38. The molecule has 1 saturated carbocycles. The van der Waals surface area contributed by atoms with Crippen molar-refractivity contribution in [3.05, 3.63) is 0 Å². The molecule has 0 aromatic carbocycles. The highest BCUT2D eigenvalue weighted by molar-refractivity contribution is 5.05. The molecule has 3 heteroatoms. The maximum atomic E-state index is 6.38. The van der Waals surface area contributed by atoms with E-state index in [-0.39, 0.29) is 5.54 Å². The monoisotopic (exact) mass is 295 g/mol. The van der Waals surface area contributed by atoms with Gasteiger partial charge in [-0.1, -0.05) is 27.7 Å². The zero-order chi connectivity index (χ0) is 15.9. The van der Waals surface area contributed by atoms with Crippen LogP contribution in [0.3, 0.4) is 0 Å². The Morgan fingerprint density at radius 2 is 1.62 bits per heavy atom. The lowest BCUT2D eigenvalue weighted by atomic mass is 9.57. The first-order valence-electron chi connectivity index (χ1n) is 8.71. The lowest BCUT2D eigenvalue weighted by Crippen LogP contribution is -2.64. The number of piperidine rings is 1. The first-order chi connectivity index (χ1) is 9.59. The summed E-state index contributed by atoms with van der Waals surface area (Å²) < 4.78 is 0. The molecule has 0 aromatic rings. The fourth-order valence-electron chi connectivity index (χ4n) is 5.57. The number of likely N-dealkylation sites (tertiary alicyclic amines) is 1. The van der Waals surface area contributed by atoms with E-state index in [4.69, 9.17) is 5.73 Å². The van der Waals surface area contributed by atoms with Crippen LogP contribution < -0.4 is 5.73 Å². The van der Waals surface area contributed by atoms with E-state index in [0.29, 0.717) is 16.9 Å². The summed E-state index contributed by atoms with van der Waals surface area (Å²) in [5.74, 6) is 0. The molecule has 2 rings (SSSR count). The number of nitrogens with two attached hydrogens (primary N) is 1.